The highest BCUT2D eigenvalue weighted by Gasteiger charge is 2.38. The Morgan fingerprint density at radius 3 is 0.938 bits per heavy atom. The summed E-state index contributed by atoms with van der Waals surface area (Å²) in [6.45, 7) is 24.7. The van der Waals surface area contributed by atoms with Gasteiger partial charge in [0.25, 0.3) is 35.4 Å². The Hall–Kier alpha value is -13.7. The monoisotopic (exact) mass is 1980 g/mol. The largest absolute Gasteiger partial charge is 0.497 e. The van der Waals surface area contributed by atoms with E-state index in [0.717, 1.165) is 161 Å². The maximum absolute atomic E-state index is 14.7. The maximum atomic E-state index is 14.7. The molecular formula is C117H133Cl2N13O12. The van der Waals surface area contributed by atoms with Crippen LogP contribution in [0.1, 0.15) is 266 Å². The molecule has 0 aliphatic carbocycles. The van der Waals surface area contributed by atoms with Gasteiger partial charge in [-0.2, -0.15) is 15.3 Å². The fourth-order valence-corrected chi connectivity index (χ4v) is 19.6. The van der Waals surface area contributed by atoms with Crippen molar-refractivity contribution in [2.24, 2.45) is 5.73 Å². The third-order valence-electron chi connectivity index (χ3n) is 27.6. The first-order chi connectivity index (χ1) is 69.7. The standard InChI is InChI=1S/C41H46N4O4.C39H45ClN4O4.C37H42ClN5O4/c1-5-7-19-43(20-8-6-2)41(48)38-21-28(3)45(42-38)39-18-16-33(30-13-14-32-24-36(49-4)17-15-31(32)22-30)25-37(39)40(47)44-26-34-12-10-9-11-29(34)23-35(44)27-46;1-5-8-18-42(19-9-6-2)39(48)35-20-26(4)44(41-35)36-17-15-29(28-14-16-34(40)32(22-28)37(46)7-3)23-33(36)38(47)43-24-30-13-11-10-12-27(30)21-31(43)25-45;1-4-6-16-41(17-7-5-2)37(47)33-18-24(3)43(40-33)34-15-13-27(26-12-14-32(38)30(20-26)35(39)45)21-31(34)36(46)42-22-28-11-9-8-10-25(28)19-29(42)23-44/h9-18,21-22,24-25,35,46H,5-8,19-20,23,26-27H2,1-4H3;10-17,20,22-23,31,45H,5-9,18-19,21,24-25H2,1-4H3;8-15,18,20-21,29,44H,4-7,16-17,19,22-23H2,1-3H3,(H2,39,45)/t35-;31-;29-/m000/s1. The summed E-state index contributed by atoms with van der Waals surface area (Å²) in [5, 5.41) is 48.4. The van der Waals surface area contributed by atoms with Gasteiger partial charge in [0.1, 0.15) is 5.75 Å². The van der Waals surface area contributed by atoms with Crippen LogP contribution >= 0.6 is 23.2 Å². The second-order valence-corrected chi connectivity index (χ2v) is 38.4. The number of aryl methyl sites for hydroxylation is 3. The van der Waals surface area contributed by atoms with E-state index >= 15 is 0 Å². The number of Topliss-reactive ketones (excluding diaryl/α,β-unsaturated/α-hetero) is 1. The minimum Gasteiger partial charge on any atom is -0.497 e. The summed E-state index contributed by atoms with van der Waals surface area (Å²) in [4.78, 5) is 121. The van der Waals surface area contributed by atoms with Crippen LogP contribution in [0.5, 0.6) is 5.75 Å². The van der Waals surface area contributed by atoms with E-state index in [1.54, 1.807) is 97.4 Å². The van der Waals surface area contributed by atoms with E-state index in [4.69, 9.17) is 49.0 Å². The third kappa shape index (κ3) is 24.3. The molecule has 5 N–H and O–H groups in total. The van der Waals surface area contributed by atoms with Crippen molar-refractivity contribution in [1.82, 2.24) is 58.7 Å². The molecule has 0 saturated carbocycles. The Morgan fingerprint density at radius 1 is 0.354 bits per heavy atom. The van der Waals surface area contributed by atoms with E-state index < -0.39 is 18.0 Å². The molecule has 0 spiro atoms. The number of rotatable bonds is 37. The van der Waals surface area contributed by atoms with Crippen LogP contribution in [0.3, 0.4) is 0 Å². The van der Waals surface area contributed by atoms with Gasteiger partial charge in [0.2, 0.25) is 5.91 Å². The lowest BCUT2D eigenvalue weighted by molar-refractivity contribution is 0.0539. The van der Waals surface area contributed by atoms with Crippen LogP contribution in [0.2, 0.25) is 10.0 Å². The second-order valence-electron chi connectivity index (χ2n) is 37.6. The molecule has 27 heteroatoms. The molecule has 0 fully saturated rings. The van der Waals surface area contributed by atoms with Crippen LogP contribution in [0.4, 0.5) is 0 Å². The van der Waals surface area contributed by atoms with E-state index in [-0.39, 0.29) is 77.7 Å². The molecule has 3 aliphatic rings. The number of methoxy groups -OCH3 is 1. The lowest BCUT2D eigenvalue weighted by atomic mass is 9.93. The van der Waals surface area contributed by atoms with Crippen LogP contribution in [-0.2, 0) is 38.9 Å². The number of carbonyl (C=O) groups excluding carboxylic acids is 8. The number of hydrogen-bond acceptors (Lipinski definition) is 15. The van der Waals surface area contributed by atoms with Crippen LogP contribution < -0.4 is 10.5 Å². The molecule has 0 bridgehead atoms. The van der Waals surface area contributed by atoms with Crippen molar-refractivity contribution in [1.29, 1.82) is 0 Å². The van der Waals surface area contributed by atoms with Gasteiger partial charge < -0.3 is 55.2 Å². The van der Waals surface area contributed by atoms with Gasteiger partial charge in [-0.3, -0.25) is 38.4 Å². The third-order valence-corrected chi connectivity index (χ3v) is 28.2. The first-order valence-electron chi connectivity index (χ1n) is 50.7. The molecule has 7 amide bonds. The van der Waals surface area contributed by atoms with Crippen molar-refractivity contribution in [2.45, 2.75) is 210 Å². The quantitative estimate of drug-likeness (QED) is 0.0263. The van der Waals surface area contributed by atoms with Gasteiger partial charge in [-0.1, -0.05) is 232 Å². The summed E-state index contributed by atoms with van der Waals surface area (Å²) < 4.78 is 10.4. The molecule has 144 heavy (non-hydrogen) atoms. The van der Waals surface area contributed by atoms with E-state index in [1.165, 1.54) is 0 Å². The number of nitrogens with zero attached hydrogens (tertiary/aromatic N) is 12. The molecule has 752 valence electrons. The number of carbonyl (C=O) groups is 8. The predicted octanol–water partition coefficient (Wildman–Crippen LogP) is 21.5. The van der Waals surface area contributed by atoms with E-state index in [2.05, 4.69) is 65.8 Å². The molecule has 10 aromatic carbocycles. The first-order valence-corrected chi connectivity index (χ1v) is 51.4. The van der Waals surface area contributed by atoms with Crippen molar-refractivity contribution in [3.8, 4) is 56.2 Å². The minimum absolute atomic E-state index is 0.0659. The summed E-state index contributed by atoms with van der Waals surface area (Å²) >= 11 is 12.6. The lowest BCUT2D eigenvalue weighted by Crippen LogP contribution is -2.46. The van der Waals surface area contributed by atoms with E-state index in [1.807, 2.05) is 175 Å². The van der Waals surface area contributed by atoms with Crippen molar-refractivity contribution in [2.75, 3.05) is 66.2 Å². The summed E-state index contributed by atoms with van der Waals surface area (Å²) in [5.74, 6) is -0.991. The van der Waals surface area contributed by atoms with Crippen LogP contribution in [0, 0.1) is 20.8 Å². The molecule has 13 aromatic rings. The number of ketones is 1. The summed E-state index contributed by atoms with van der Waals surface area (Å²) in [6.07, 6.45) is 13.4. The van der Waals surface area contributed by atoms with Crippen molar-refractivity contribution >= 4 is 81.1 Å². The molecule has 0 unspecified atom stereocenters. The Morgan fingerprint density at radius 2 is 0.632 bits per heavy atom. The highest BCUT2D eigenvalue weighted by molar-refractivity contribution is 6.34. The number of hydrogen-bond donors (Lipinski definition) is 4. The molecule has 25 nitrogen and oxygen atoms in total. The summed E-state index contributed by atoms with van der Waals surface area (Å²) in [7, 11) is 1.66. The van der Waals surface area contributed by atoms with Gasteiger partial charge in [0.05, 0.1) is 94.4 Å². The number of aliphatic hydroxyl groups excluding tert-OH is 3. The Bertz CT molecular complexity index is 6800. The number of primary amides is 1. The zero-order valence-electron chi connectivity index (χ0n) is 84.5. The van der Waals surface area contributed by atoms with Gasteiger partial charge in [-0.05, 0) is 253 Å². The Labute approximate surface area is 854 Å². The number of ether oxygens (including phenoxy) is 1. The molecule has 0 radical (unpaired) electrons. The lowest BCUT2D eigenvalue weighted by Gasteiger charge is -2.36. The van der Waals surface area contributed by atoms with Gasteiger partial charge in [-0.25, -0.2) is 14.0 Å². The molecule has 0 saturated heterocycles. The molecule has 3 aliphatic heterocycles. The van der Waals surface area contributed by atoms with E-state index in [0.29, 0.717) is 163 Å². The van der Waals surface area contributed by atoms with Crippen molar-refractivity contribution in [3.63, 3.8) is 0 Å². The number of aliphatic hydroxyl groups is 3. The zero-order chi connectivity index (χ0) is 103. The number of amides is 7. The smallest absolute Gasteiger partial charge is 0.274 e. The number of nitrogens with two attached hydrogens (primary N) is 1. The van der Waals surface area contributed by atoms with Crippen molar-refractivity contribution < 1.29 is 58.4 Å². The second kappa shape index (κ2) is 49.5. The number of fused-ring (bicyclic) bond motifs is 4. The summed E-state index contributed by atoms with van der Waals surface area (Å²) in [6, 6.07) is 67.5. The number of halogens is 2. The fourth-order valence-electron chi connectivity index (χ4n) is 19.2. The SMILES string of the molecule is CCCCN(CCCC)C(=O)c1cc(C)n(-c2ccc(-c3ccc(Cl)c(C(=O)CC)c3)cc2C(=O)N2Cc3ccccc3C[C@H]2CO)n1.CCCCN(CCCC)C(=O)c1cc(C)n(-c2ccc(-c3ccc(Cl)c(C(N)=O)c3)cc2C(=O)N2Cc3ccccc3C[C@H]2CO)n1.CCCCN(CCCC)C(=O)c1cc(C)n(-c2ccc(-c3ccc4cc(OC)ccc4c3)cc2C(=O)N2Cc3ccccc3C[C@H]2CO)n1. The maximum Gasteiger partial charge on any atom is 0.274 e. The van der Waals surface area contributed by atoms with Crippen LogP contribution in [-0.4, -0.2) is 206 Å². The Kier molecular flexibility index (Phi) is 36.5. The summed E-state index contributed by atoms with van der Waals surface area (Å²) in [5.41, 5.74) is 23.4. The minimum atomic E-state index is -0.654. The number of aromatic nitrogens is 6. The fraction of sp³-hybridized carbons (Fsp3) is 0.359. The first kappa shape index (κ1) is 106. The van der Waals surface area contributed by atoms with Gasteiger partial charge in [0.15, 0.2) is 22.9 Å². The molecule has 16 rings (SSSR count). The average molecular weight is 1980 g/mol. The molecule has 3 aromatic heterocycles. The van der Waals surface area contributed by atoms with Crippen LogP contribution in [0.15, 0.2) is 218 Å². The molecule has 3 atom stereocenters. The Balaban J connectivity index is 0.000000171. The molecule has 6 heterocycles. The van der Waals surface area contributed by atoms with Gasteiger partial charge in [0, 0.05) is 88.0 Å². The molecular weight excluding hydrogens is 1850 g/mol. The van der Waals surface area contributed by atoms with Crippen LogP contribution in [0.25, 0.3) is 61.2 Å². The highest BCUT2D eigenvalue weighted by Crippen LogP contribution is 2.39. The number of benzene rings is 10. The zero-order valence-corrected chi connectivity index (χ0v) is 86.0. The van der Waals surface area contributed by atoms with E-state index in [9.17, 15) is 53.7 Å². The predicted molar refractivity (Wildman–Crippen MR) is 568 cm³/mol. The highest BCUT2D eigenvalue weighted by atomic mass is 35.5. The normalized spacial score (nSPS) is 14.1. The van der Waals surface area contributed by atoms with Crippen molar-refractivity contribution in [3.05, 3.63) is 324 Å². The number of unbranched alkanes of at least 4 members (excludes halogenated alkanes) is 6. The average Bonchev–Trinajstić information content (AvgIpc) is 1.41. The van der Waals surface area contributed by atoms with Gasteiger partial charge in [-0.15, -0.1) is 0 Å². The topological polar surface area (TPSA) is 305 Å². The van der Waals surface area contributed by atoms with Gasteiger partial charge >= 0.3 is 0 Å².